The molecule has 6 heteroatoms. The third kappa shape index (κ3) is 1.55. The van der Waals surface area contributed by atoms with E-state index in [9.17, 15) is 20.1 Å². The van der Waals surface area contributed by atoms with Crippen LogP contribution in [-0.2, 0) is 9.53 Å². The monoisotopic (exact) mass is 206 g/mol. The molecule has 0 aromatic carbocycles. The largest absolute Gasteiger partial charge is 0.388 e. The summed E-state index contributed by atoms with van der Waals surface area (Å²) in [6.07, 6.45) is -3.66. The molecule has 5 atom stereocenters. The van der Waals surface area contributed by atoms with Gasteiger partial charge in [0, 0.05) is 8.27 Å². The first kappa shape index (κ1) is 10.0. The molecule has 6 nitrogen and oxygen atoms in total. The summed E-state index contributed by atoms with van der Waals surface area (Å²) < 4.78 is 11.7. The highest BCUT2D eigenvalue weighted by molar-refractivity contribution is 5.84. The Bertz CT molecular complexity index is 263. The molecule has 0 bridgehead atoms. The molecule has 82 valence electrons. The predicted octanol–water partition coefficient (Wildman–Crippen LogP) is -2.27. The average molecular weight is 206 g/mol. The van der Waals surface area contributed by atoms with E-state index in [2.05, 4.69) is 0 Å². The van der Waals surface area contributed by atoms with Gasteiger partial charge in [-0.3, -0.25) is 4.79 Å². The molecule has 0 saturated carbocycles. The number of nitrogens with two attached hydrogens (primary N) is 1. The molecule has 0 spiro atoms. The Labute approximate surface area is 82.7 Å². The summed E-state index contributed by atoms with van der Waals surface area (Å²) in [6.45, 7) is 0.682. The van der Waals surface area contributed by atoms with Gasteiger partial charge >= 0.3 is 0 Å². The van der Waals surface area contributed by atoms with E-state index in [1.165, 1.54) is 6.92 Å². The Balaban J connectivity index is 2.96. The number of aliphatic hydroxyl groups is 3. The molecule has 5 N–H and O–H groups in total. The standard InChI is InChI=1S/C8H15NO5/c1-3-5(11)6(12)7(9)8(13,14-3)4(2)10/h3,5-7,11-13H,9H2,1-2H3/t3-,5+,6+,7-,8?/m1/s1/i2D. The number of hydrogen-bond donors (Lipinski definition) is 4. The molecule has 0 aromatic heterocycles. The summed E-state index contributed by atoms with van der Waals surface area (Å²) in [5.74, 6) is -3.33. The van der Waals surface area contributed by atoms with Crippen molar-refractivity contribution < 1.29 is 26.2 Å². The second kappa shape index (κ2) is 3.56. The van der Waals surface area contributed by atoms with Crippen LogP contribution in [-0.4, -0.2) is 51.2 Å². The van der Waals surface area contributed by atoms with Crippen LogP contribution in [0.3, 0.4) is 0 Å². The summed E-state index contributed by atoms with van der Waals surface area (Å²) in [5.41, 5.74) is 5.40. The van der Waals surface area contributed by atoms with Gasteiger partial charge in [-0.15, -0.1) is 0 Å². The van der Waals surface area contributed by atoms with Crippen molar-refractivity contribution in [3.05, 3.63) is 0 Å². The lowest BCUT2D eigenvalue weighted by atomic mass is 9.89. The van der Waals surface area contributed by atoms with Crippen LogP contribution in [0.5, 0.6) is 0 Å². The Hall–Kier alpha value is -0.530. The fraction of sp³-hybridized carbons (Fsp3) is 0.875. The zero-order chi connectivity index (χ0) is 11.8. The third-order valence-electron chi connectivity index (χ3n) is 2.42. The fourth-order valence-electron chi connectivity index (χ4n) is 1.40. The van der Waals surface area contributed by atoms with Gasteiger partial charge < -0.3 is 25.8 Å². The van der Waals surface area contributed by atoms with Crippen molar-refractivity contribution >= 4 is 5.78 Å². The van der Waals surface area contributed by atoms with E-state index in [1.807, 2.05) is 0 Å². The van der Waals surface area contributed by atoms with Crippen molar-refractivity contribution in [2.24, 2.45) is 5.73 Å². The molecule has 1 aliphatic rings. The van der Waals surface area contributed by atoms with Gasteiger partial charge in [-0.25, -0.2) is 0 Å². The molecular weight excluding hydrogens is 190 g/mol. The van der Waals surface area contributed by atoms with Gasteiger partial charge in [0.05, 0.1) is 12.1 Å². The molecule has 1 aliphatic heterocycles. The fourth-order valence-corrected chi connectivity index (χ4v) is 1.40. The van der Waals surface area contributed by atoms with Crippen LogP contribution in [0.4, 0.5) is 0 Å². The minimum Gasteiger partial charge on any atom is -0.388 e. The van der Waals surface area contributed by atoms with Crippen LogP contribution < -0.4 is 5.73 Å². The zero-order valence-electron chi connectivity index (χ0n) is 8.75. The highest BCUT2D eigenvalue weighted by atomic mass is 16.6. The van der Waals surface area contributed by atoms with E-state index >= 15 is 0 Å². The van der Waals surface area contributed by atoms with Crippen LogP contribution >= 0.6 is 0 Å². The lowest BCUT2D eigenvalue weighted by molar-refractivity contribution is -0.288. The topological polar surface area (TPSA) is 113 Å². The molecule has 1 rings (SSSR count). The quantitative estimate of drug-likeness (QED) is 0.385. The van der Waals surface area contributed by atoms with E-state index in [1.54, 1.807) is 0 Å². The number of ketones is 1. The lowest BCUT2D eigenvalue weighted by Gasteiger charge is -2.44. The van der Waals surface area contributed by atoms with E-state index in [0.29, 0.717) is 0 Å². The number of carbonyl (C=O) groups is 1. The van der Waals surface area contributed by atoms with Gasteiger partial charge in [-0.1, -0.05) is 0 Å². The summed E-state index contributed by atoms with van der Waals surface area (Å²) in [7, 11) is 0. The van der Waals surface area contributed by atoms with Crippen molar-refractivity contribution in [3.63, 3.8) is 0 Å². The molecule has 14 heavy (non-hydrogen) atoms. The van der Waals surface area contributed by atoms with Crippen LogP contribution in [0, 0.1) is 0 Å². The number of ether oxygens (including phenoxy) is 1. The summed E-state index contributed by atoms with van der Waals surface area (Å²) in [5, 5.41) is 28.6. The number of aliphatic hydroxyl groups excluding tert-OH is 2. The summed E-state index contributed by atoms with van der Waals surface area (Å²) in [6, 6.07) is -1.46. The maximum Gasteiger partial charge on any atom is 0.244 e. The van der Waals surface area contributed by atoms with Gasteiger partial charge in [-0.05, 0) is 6.92 Å². The second-order valence-corrected chi connectivity index (χ2v) is 3.45. The first-order valence-electron chi connectivity index (χ1n) is 4.89. The average Bonchev–Trinajstić information content (AvgIpc) is 2.22. The molecule has 0 aliphatic carbocycles. The maximum atomic E-state index is 11.3. The van der Waals surface area contributed by atoms with Gasteiger partial charge in [0.15, 0.2) is 5.78 Å². The normalized spacial score (nSPS) is 49.9. The Morgan fingerprint density at radius 1 is 1.57 bits per heavy atom. The minimum absolute atomic E-state index is 0.709. The molecular formula is C8H15NO5. The summed E-state index contributed by atoms with van der Waals surface area (Å²) >= 11 is 0. The predicted molar refractivity (Wildman–Crippen MR) is 46.2 cm³/mol. The number of hydrogen-bond acceptors (Lipinski definition) is 6. The van der Waals surface area contributed by atoms with E-state index in [-0.39, 0.29) is 0 Å². The van der Waals surface area contributed by atoms with Crippen LogP contribution in [0.2, 0.25) is 0 Å². The van der Waals surface area contributed by atoms with Crippen LogP contribution in [0.15, 0.2) is 0 Å². The van der Waals surface area contributed by atoms with Crippen molar-refractivity contribution in [1.29, 1.82) is 0 Å². The van der Waals surface area contributed by atoms with E-state index in [4.69, 9.17) is 11.8 Å². The van der Waals surface area contributed by atoms with Crippen LogP contribution in [0.1, 0.15) is 15.2 Å². The highest BCUT2D eigenvalue weighted by Gasteiger charge is 2.53. The molecule has 0 aromatic rings. The Morgan fingerprint density at radius 3 is 2.64 bits per heavy atom. The van der Waals surface area contributed by atoms with Gasteiger partial charge in [0.25, 0.3) is 0 Å². The van der Waals surface area contributed by atoms with E-state index in [0.717, 1.165) is 0 Å². The smallest absolute Gasteiger partial charge is 0.244 e. The highest BCUT2D eigenvalue weighted by Crippen LogP contribution is 2.27. The molecule has 1 saturated heterocycles. The van der Waals surface area contributed by atoms with E-state index < -0.39 is 42.8 Å². The van der Waals surface area contributed by atoms with Crippen molar-refractivity contribution in [2.45, 2.75) is 44.0 Å². The second-order valence-electron chi connectivity index (χ2n) is 3.45. The maximum absolute atomic E-state index is 11.3. The zero-order valence-corrected chi connectivity index (χ0v) is 7.75. The summed E-state index contributed by atoms with van der Waals surface area (Å²) in [4.78, 5) is 11.3. The SMILES string of the molecule is [2H]CC(=O)C1(O)O[C@H](C)[C@H](O)[C@H](O)[C@H]1N. The lowest BCUT2D eigenvalue weighted by Crippen LogP contribution is -2.69. The molecule has 0 amide bonds. The number of Topliss-reactive ketones (excluding diaryl/α,β-unsaturated/α-hetero) is 1. The Kier molecular flexibility index (Phi) is 2.54. The van der Waals surface area contributed by atoms with Gasteiger partial charge in [0.1, 0.15) is 12.2 Å². The number of rotatable bonds is 1. The van der Waals surface area contributed by atoms with Gasteiger partial charge in [-0.2, -0.15) is 0 Å². The first-order valence-corrected chi connectivity index (χ1v) is 4.19. The van der Waals surface area contributed by atoms with Crippen molar-refractivity contribution in [3.8, 4) is 0 Å². The van der Waals surface area contributed by atoms with Gasteiger partial charge in [0.2, 0.25) is 5.79 Å². The molecule has 1 heterocycles. The first-order chi connectivity index (χ1) is 6.84. The minimum atomic E-state index is -2.39. The van der Waals surface area contributed by atoms with Crippen LogP contribution in [0.25, 0.3) is 0 Å². The molecule has 1 unspecified atom stereocenters. The van der Waals surface area contributed by atoms with Crippen molar-refractivity contribution in [2.75, 3.05) is 0 Å². The number of carbonyl (C=O) groups excluding carboxylic acids is 1. The molecule has 1 fully saturated rings. The van der Waals surface area contributed by atoms with Crippen molar-refractivity contribution in [1.82, 2.24) is 0 Å². The molecule has 0 radical (unpaired) electrons. The Morgan fingerprint density at radius 2 is 2.14 bits per heavy atom. The third-order valence-corrected chi connectivity index (χ3v) is 2.42.